The van der Waals surface area contributed by atoms with E-state index in [9.17, 15) is 30.0 Å². The molecule has 41 heavy (non-hydrogen) atoms. The van der Waals surface area contributed by atoms with Gasteiger partial charge in [-0.25, -0.2) is 15.4 Å². The number of nitrogens with two attached hydrogens (primary N) is 2. The van der Waals surface area contributed by atoms with E-state index in [1.165, 1.54) is 21.8 Å². The number of nitrogen functional groups attached to an aromatic ring is 2. The number of aliphatic hydroxyl groups excluding tert-OH is 4. The van der Waals surface area contributed by atoms with E-state index in [4.69, 9.17) is 25.8 Å². The summed E-state index contributed by atoms with van der Waals surface area (Å²) in [4.78, 5) is 50.5. The highest BCUT2D eigenvalue weighted by Crippen LogP contribution is 2.34. The van der Waals surface area contributed by atoms with Crippen LogP contribution in [0.2, 0.25) is 0 Å². The number of rotatable bonds is 8. The summed E-state index contributed by atoms with van der Waals surface area (Å²) in [5, 5.41) is 41.9. The van der Waals surface area contributed by atoms with Crippen molar-refractivity contribution in [1.29, 1.82) is 0 Å². The van der Waals surface area contributed by atoms with Gasteiger partial charge in [0, 0.05) is 6.54 Å². The number of ether oxygens (including phenoxy) is 2. The van der Waals surface area contributed by atoms with E-state index in [0.717, 1.165) is 0 Å². The Morgan fingerprint density at radius 3 is 1.98 bits per heavy atom. The number of aromatic nitrogens is 8. The van der Waals surface area contributed by atoms with Gasteiger partial charge < -0.3 is 41.4 Å². The quantitative estimate of drug-likeness (QED) is 0.0704. The van der Waals surface area contributed by atoms with Crippen LogP contribution in [0.3, 0.4) is 0 Å². The van der Waals surface area contributed by atoms with Gasteiger partial charge >= 0.3 is 0 Å². The van der Waals surface area contributed by atoms with Crippen LogP contribution in [0.25, 0.3) is 22.3 Å². The third-order valence-corrected chi connectivity index (χ3v) is 7.03. The fourth-order valence-electron chi connectivity index (χ4n) is 5.05. The third kappa shape index (κ3) is 4.61. The maximum absolute atomic E-state index is 12.1. The molecule has 0 unspecified atom stereocenters. The van der Waals surface area contributed by atoms with Crippen molar-refractivity contribution in [3.63, 3.8) is 0 Å². The zero-order valence-corrected chi connectivity index (χ0v) is 21.1. The average molecular weight is 578 g/mol. The van der Waals surface area contributed by atoms with Crippen LogP contribution < -0.4 is 28.1 Å². The zero-order chi connectivity index (χ0) is 29.0. The number of hydrogen-bond acceptors (Lipinski definition) is 16. The van der Waals surface area contributed by atoms with E-state index in [2.05, 4.69) is 35.4 Å². The molecule has 0 saturated carbocycles. The lowest BCUT2D eigenvalue weighted by Gasteiger charge is -2.21. The van der Waals surface area contributed by atoms with Gasteiger partial charge in [0.1, 0.15) is 30.5 Å². The Labute approximate surface area is 227 Å². The number of aromatic amines is 2. The van der Waals surface area contributed by atoms with E-state index in [0.29, 0.717) is 0 Å². The summed E-state index contributed by atoms with van der Waals surface area (Å²) in [6.45, 7) is -0.411. The minimum atomic E-state index is -1.37. The first-order valence-corrected chi connectivity index (χ1v) is 12.5. The lowest BCUT2D eigenvalue weighted by molar-refractivity contribution is -0.103. The number of H-pyrrole nitrogens is 2. The first-order valence-electron chi connectivity index (χ1n) is 12.5. The van der Waals surface area contributed by atoms with Gasteiger partial charge in [0.15, 0.2) is 34.8 Å². The summed E-state index contributed by atoms with van der Waals surface area (Å²) in [6.07, 6.45) is -6.41. The van der Waals surface area contributed by atoms with E-state index >= 15 is 0 Å². The second kappa shape index (κ2) is 10.4. The predicted octanol–water partition coefficient (Wildman–Crippen LogP) is -4.43. The van der Waals surface area contributed by atoms with Crippen LogP contribution in [-0.4, -0.2) is 109 Å². The average Bonchev–Trinajstić information content (AvgIpc) is 3.68. The van der Waals surface area contributed by atoms with Crippen LogP contribution in [0.15, 0.2) is 22.2 Å². The molecule has 6 rings (SSSR count). The number of fused-ring (bicyclic) bond motifs is 2. The molecule has 0 radical (unpaired) electrons. The minimum Gasteiger partial charge on any atom is -0.394 e. The third-order valence-electron chi connectivity index (χ3n) is 7.03. The number of nitrogens with zero attached hydrogens (tertiary/aromatic N) is 6. The predicted molar refractivity (Wildman–Crippen MR) is 136 cm³/mol. The monoisotopic (exact) mass is 577 g/mol. The van der Waals surface area contributed by atoms with Crippen molar-refractivity contribution in [3.05, 3.63) is 33.4 Å². The highest BCUT2D eigenvalue weighted by atomic mass is 16.7. The molecule has 2 saturated heterocycles. The molecule has 6 heterocycles. The molecule has 11 N–H and O–H groups in total. The van der Waals surface area contributed by atoms with Gasteiger partial charge in [-0.2, -0.15) is 9.97 Å². The van der Waals surface area contributed by atoms with Crippen molar-refractivity contribution in [2.24, 2.45) is 0 Å². The molecule has 0 bridgehead atoms. The van der Waals surface area contributed by atoms with Crippen molar-refractivity contribution in [3.8, 4) is 0 Å². The normalized spacial score (nSPS) is 30.1. The largest absolute Gasteiger partial charge is 0.394 e. The molecule has 0 aliphatic carbocycles. The summed E-state index contributed by atoms with van der Waals surface area (Å²) < 4.78 is 14.2. The van der Waals surface area contributed by atoms with Crippen molar-refractivity contribution in [2.75, 3.05) is 24.6 Å². The molecule has 2 aliphatic rings. The van der Waals surface area contributed by atoms with Crippen molar-refractivity contribution in [1.82, 2.24) is 44.5 Å². The Morgan fingerprint density at radius 1 is 0.878 bits per heavy atom. The molecule has 0 spiro atoms. The lowest BCUT2D eigenvalue weighted by Crippen LogP contribution is -2.41. The number of imidazole rings is 2. The Hall–Kier alpha value is -4.02. The van der Waals surface area contributed by atoms with Gasteiger partial charge in [-0.15, -0.1) is 0 Å². The molecule has 2 aliphatic heterocycles. The summed E-state index contributed by atoms with van der Waals surface area (Å²) in [6, 6.07) is 0. The standard InChI is InChI=1S/C21H27N11O9/c22-20-27-14-8(16(37)29-20)24-4-31(14)18-11(35)10(34)6(39-18)1-2-26-41-13-7(3-33)40-19(12(13)36)32-5-25-9-15(32)28-21(23)30-17(9)38/h4-7,10-13,18-19,26,33-36H,1-3H2,(H3,22,27,29,37)(H3,23,28,30,38)/t6-,7-,10+,11-,12+,13-,18-,19-/m1/s1. The lowest BCUT2D eigenvalue weighted by atomic mass is 10.1. The highest BCUT2D eigenvalue weighted by Gasteiger charge is 2.47. The van der Waals surface area contributed by atoms with Gasteiger partial charge in [0.2, 0.25) is 11.9 Å². The maximum Gasteiger partial charge on any atom is 0.280 e. The maximum atomic E-state index is 12.1. The second-order valence-corrected chi connectivity index (χ2v) is 9.60. The first-order chi connectivity index (χ1) is 19.7. The molecule has 0 aromatic carbocycles. The molecular weight excluding hydrogens is 550 g/mol. The Morgan fingerprint density at radius 2 is 1.41 bits per heavy atom. The summed E-state index contributed by atoms with van der Waals surface area (Å²) in [7, 11) is 0. The van der Waals surface area contributed by atoms with Gasteiger partial charge in [-0.1, -0.05) is 0 Å². The van der Waals surface area contributed by atoms with Crippen molar-refractivity contribution in [2.45, 2.75) is 55.5 Å². The van der Waals surface area contributed by atoms with Gasteiger partial charge in [0.25, 0.3) is 11.1 Å². The van der Waals surface area contributed by atoms with E-state index in [1.807, 2.05) is 0 Å². The summed E-state index contributed by atoms with van der Waals surface area (Å²) >= 11 is 0. The molecular formula is C21H27N11O9. The number of aliphatic hydroxyl groups is 4. The van der Waals surface area contributed by atoms with E-state index < -0.39 is 66.8 Å². The Kier molecular flexibility index (Phi) is 6.91. The van der Waals surface area contributed by atoms with Crippen LogP contribution in [0.5, 0.6) is 0 Å². The first kappa shape index (κ1) is 27.2. The summed E-state index contributed by atoms with van der Waals surface area (Å²) in [5.74, 6) is -0.296. The molecule has 220 valence electrons. The van der Waals surface area contributed by atoms with Crippen LogP contribution in [0, 0.1) is 0 Å². The van der Waals surface area contributed by atoms with Crippen LogP contribution in [0.1, 0.15) is 18.9 Å². The highest BCUT2D eigenvalue weighted by molar-refractivity contribution is 5.71. The van der Waals surface area contributed by atoms with Crippen LogP contribution in [0.4, 0.5) is 11.9 Å². The van der Waals surface area contributed by atoms with Gasteiger partial charge in [-0.3, -0.25) is 33.5 Å². The number of anilines is 2. The zero-order valence-electron chi connectivity index (χ0n) is 21.1. The molecule has 8 atom stereocenters. The molecule has 4 aromatic rings. The number of hydroxylamine groups is 1. The SMILES string of the molecule is Nc1nc2c(ncn2[C@@H]2O[C@H](CCNO[C@H]3[C@H](O)[C@H](n4cnc5c(=O)[nH]c(N)nc54)O[C@@H]3CO)[C@H](O)[C@H]2O)c(=O)[nH]1. The Bertz CT molecular complexity index is 1680. The smallest absolute Gasteiger partial charge is 0.280 e. The molecule has 0 amide bonds. The van der Waals surface area contributed by atoms with Crippen molar-refractivity contribution < 1.29 is 34.7 Å². The van der Waals surface area contributed by atoms with E-state index in [-0.39, 0.29) is 47.2 Å². The van der Waals surface area contributed by atoms with E-state index in [1.54, 1.807) is 0 Å². The number of nitrogens with one attached hydrogen (secondary N) is 3. The second-order valence-electron chi connectivity index (χ2n) is 9.60. The Balaban J connectivity index is 1.09. The van der Waals surface area contributed by atoms with Crippen molar-refractivity contribution >= 4 is 34.2 Å². The fraction of sp³-hybridized carbons (Fsp3) is 0.524. The van der Waals surface area contributed by atoms with Gasteiger partial charge in [0.05, 0.1) is 25.4 Å². The fourth-order valence-corrected chi connectivity index (χ4v) is 5.05. The molecule has 2 fully saturated rings. The molecule has 20 nitrogen and oxygen atoms in total. The number of hydrogen-bond donors (Lipinski definition) is 9. The van der Waals surface area contributed by atoms with Crippen LogP contribution in [-0.2, 0) is 14.3 Å². The molecule has 20 heteroatoms. The van der Waals surface area contributed by atoms with Crippen LogP contribution >= 0.6 is 0 Å². The van der Waals surface area contributed by atoms with Gasteiger partial charge in [-0.05, 0) is 6.42 Å². The molecule has 4 aromatic heterocycles. The topological polar surface area (TPSA) is 300 Å². The summed E-state index contributed by atoms with van der Waals surface area (Å²) in [5.41, 5.74) is 12.9. The minimum absolute atomic E-state index is 0.00757.